The number of ketones is 1. The molecule has 2 aromatic rings. The first-order valence-electron chi connectivity index (χ1n) is 10.5. The summed E-state index contributed by atoms with van der Waals surface area (Å²) >= 11 is 0. The van der Waals surface area contributed by atoms with E-state index in [2.05, 4.69) is 0 Å². The van der Waals surface area contributed by atoms with Gasteiger partial charge in [-0.3, -0.25) is 9.59 Å². The van der Waals surface area contributed by atoms with Crippen LogP contribution in [0.1, 0.15) is 33.7 Å². The second-order valence-corrected chi connectivity index (χ2v) is 9.08. The lowest BCUT2D eigenvalue weighted by molar-refractivity contribution is -0.145. The lowest BCUT2D eigenvalue weighted by Gasteiger charge is -2.32. The highest BCUT2D eigenvalue weighted by molar-refractivity contribution is 6.26. The monoisotopic (exact) mass is 440 g/mol. The second kappa shape index (κ2) is 6.97. The third-order valence-electron chi connectivity index (χ3n) is 7.17. The molecule has 0 radical (unpaired) electrons. The van der Waals surface area contributed by atoms with Crippen LogP contribution in [-0.4, -0.2) is 34.2 Å². The number of halogens is 2. The van der Waals surface area contributed by atoms with Crippen molar-refractivity contribution < 1.29 is 33.3 Å². The van der Waals surface area contributed by atoms with E-state index in [-0.39, 0.29) is 22.7 Å². The van der Waals surface area contributed by atoms with Crippen LogP contribution >= 0.6 is 0 Å². The van der Waals surface area contributed by atoms with Gasteiger partial charge in [-0.15, -0.1) is 0 Å². The first kappa shape index (κ1) is 20.8. The van der Waals surface area contributed by atoms with Crippen LogP contribution in [0.5, 0.6) is 0 Å². The van der Waals surface area contributed by atoms with Gasteiger partial charge in [0.15, 0.2) is 17.4 Å². The highest BCUT2D eigenvalue weighted by Gasteiger charge is 2.68. The minimum absolute atomic E-state index is 0.141. The lowest BCUT2D eigenvalue weighted by Crippen LogP contribution is -2.43. The molecule has 2 saturated heterocycles. The van der Waals surface area contributed by atoms with Gasteiger partial charge in [-0.25, -0.2) is 8.78 Å². The number of Topliss-reactive ketones (excluding diaryl/α,β-unsaturated/α-hetero) is 1. The van der Waals surface area contributed by atoms with E-state index < -0.39 is 53.5 Å². The number of carboxylic acids is 1. The smallest absolute Gasteiger partial charge is 0.309 e. The van der Waals surface area contributed by atoms with E-state index in [1.807, 2.05) is 32.9 Å². The summed E-state index contributed by atoms with van der Waals surface area (Å²) in [6, 6.07) is 7.11. The predicted molar refractivity (Wildman–Crippen MR) is 111 cm³/mol. The topological polar surface area (TPSA) is 83.8 Å². The fourth-order valence-corrected chi connectivity index (χ4v) is 6.12. The molecular weight excluding hydrogens is 418 g/mol. The Labute approximate surface area is 183 Å². The summed E-state index contributed by atoms with van der Waals surface area (Å²) in [6.07, 6.45) is -1.79. The molecule has 166 valence electrons. The Morgan fingerprint density at radius 2 is 1.59 bits per heavy atom. The Balaban J connectivity index is 1.62. The average molecular weight is 440 g/mol. The number of carbonyl (C=O) groups is 2. The van der Waals surface area contributed by atoms with Crippen molar-refractivity contribution >= 4 is 17.3 Å². The van der Waals surface area contributed by atoms with Gasteiger partial charge in [0.2, 0.25) is 0 Å². The van der Waals surface area contributed by atoms with E-state index in [9.17, 15) is 28.6 Å². The summed E-state index contributed by atoms with van der Waals surface area (Å²) in [5.74, 6) is -7.20. The van der Waals surface area contributed by atoms with Gasteiger partial charge in [-0.2, -0.15) is 0 Å². The maximum atomic E-state index is 13.9. The molecule has 3 aliphatic rings. The first-order chi connectivity index (χ1) is 15.1. The molecule has 2 aromatic carbocycles. The molecule has 7 heteroatoms. The predicted octanol–water partition coefficient (Wildman–Crippen LogP) is 4.24. The van der Waals surface area contributed by atoms with Crippen LogP contribution < -0.4 is 0 Å². The number of rotatable bonds is 3. The van der Waals surface area contributed by atoms with Crippen molar-refractivity contribution in [2.45, 2.75) is 38.9 Å². The first-order valence-corrected chi connectivity index (χ1v) is 10.5. The van der Waals surface area contributed by atoms with Crippen molar-refractivity contribution in [3.05, 3.63) is 75.5 Å². The van der Waals surface area contributed by atoms with Gasteiger partial charge in [-0.1, -0.05) is 23.8 Å². The van der Waals surface area contributed by atoms with E-state index >= 15 is 0 Å². The van der Waals surface area contributed by atoms with E-state index in [1.54, 1.807) is 0 Å². The number of carboxylic acid groups (broad SMARTS) is 1. The van der Waals surface area contributed by atoms with Crippen LogP contribution in [0.3, 0.4) is 0 Å². The van der Waals surface area contributed by atoms with Gasteiger partial charge in [-0.05, 0) is 55.2 Å². The highest BCUT2D eigenvalue weighted by atomic mass is 19.2. The van der Waals surface area contributed by atoms with Gasteiger partial charge in [0.25, 0.3) is 0 Å². The zero-order chi connectivity index (χ0) is 23.1. The summed E-state index contributed by atoms with van der Waals surface area (Å²) in [6.45, 7) is 5.68. The van der Waals surface area contributed by atoms with Crippen molar-refractivity contribution in [3.63, 3.8) is 0 Å². The molecule has 2 heterocycles. The zero-order valence-corrected chi connectivity index (χ0v) is 17.7. The van der Waals surface area contributed by atoms with E-state index in [0.717, 1.165) is 28.8 Å². The molecule has 6 atom stereocenters. The standard InChI is InChI=1S/C25H22F2O5/c1-9-6-10(2)15(11(3)7-9)17-21(28)18-19(22(17)29)24-20(25(30)31)16(23(18)32-24)12-4-5-13(26)14(27)8-12/h4-8,16,18-20,23-24,29H,1-3H3,(H,30,31)/t16-,18-,19+,20+,23-,24-/m1/s1. The fourth-order valence-electron chi connectivity index (χ4n) is 6.12. The average Bonchev–Trinajstić information content (AvgIpc) is 3.34. The molecule has 0 saturated carbocycles. The van der Waals surface area contributed by atoms with Gasteiger partial charge >= 0.3 is 5.97 Å². The molecule has 0 aromatic heterocycles. The summed E-state index contributed by atoms with van der Waals surface area (Å²) in [7, 11) is 0. The van der Waals surface area contributed by atoms with Crippen molar-refractivity contribution in [3.8, 4) is 0 Å². The molecule has 0 amide bonds. The maximum Gasteiger partial charge on any atom is 0.309 e. The largest absolute Gasteiger partial charge is 0.511 e. The Bertz CT molecular complexity index is 1190. The van der Waals surface area contributed by atoms with Crippen LogP contribution in [0, 0.1) is 50.2 Å². The Morgan fingerprint density at radius 1 is 0.938 bits per heavy atom. The van der Waals surface area contributed by atoms with Gasteiger partial charge < -0.3 is 14.9 Å². The number of hydrogen-bond acceptors (Lipinski definition) is 4. The molecule has 2 bridgehead atoms. The Kier molecular flexibility index (Phi) is 4.53. The number of fused-ring (bicyclic) bond motifs is 5. The number of aliphatic hydroxyl groups is 1. The number of carbonyl (C=O) groups excluding carboxylic acids is 1. The van der Waals surface area contributed by atoms with Crippen molar-refractivity contribution in [1.29, 1.82) is 0 Å². The Hall–Kier alpha value is -3.06. The second-order valence-electron chi connectivity index (χ2n) is 9.08. The van der Waals surface area contributed by atoms with Gasteiger partial charge in [0.05, 0.1) is 35.5 Å². The summed E-state index contributed by atoms with van der Waals surface area (Å²) in [5.41, 5.74) is 3.86. The van der Waals surface area contributed by atoms with Crippen molar-refractivity contribution in [1.82, 2.24) is 0 Å². The molecule has 32 heavy (non-hydrogen) atoms. The molecule has 2 aliphatic heterocycles. The number of allylic oxidation sites excluding steroid dienone is 1. The lowest BCUT2D eigenvalue weighted by atomic mass is 9.66. The summed E-state index contributed by atoms with van der Waals surface area (Å²) < 4.78 is 33.4. The summed E-state index contributed by atoms with van der Waals surface area (Å²) in [5, 5.41) is 21.1. The van der Waals surface area contributed by atoms with Crippen molar-refractivity contribution in [2.75, 3.05) is 0 Å². The number of ether oxygens (including phenoxy) is 1. The maximum absolute atomic E-state index is 13.9. The molecule has 1 aliphatic carbocycles. The van der Waals surface area contributed by atoms with Gasteiger partial charge in [0, 0.05) is 5.92 Å². The summed E-state index contributed by atoms with van der Waals surface area (Å²) in [4.78, 5) is 25.7. The molecular formula is C25H22F2O5. The quantitative estimate of drug-likeness (QED) is 0.746. The SMILES string of the molecule is Cc1cc(C)c(C2=C(O)[C@H]3[C@H]4O[C@@H]([C@H]3C2=O)[C@H](c2ccc(F)c(F)c2)[C@@H]4C(=O)O)c(C)c1. The zero-order valence-electron chi connectivity index (χ0n) is 17.7. The molecule has 0 spiro atoms. The number of hydrogen-bond donors (Lipinski definition) is 2. The van der Waals surface area contributed by atoms with E-state index in [4.69, 9.17) is 4.74 Å². The van der Waals surface area contributed by atoms with E-state index in [1.165, 1.54) is 6.07 Å². The van der Waals surface area contributed by atoms with Crippen LogP contribution in [0.4, 0.5) is 8.78 Å². The van der Waals surface area contributed by atoms with Crippen molar-refractivity contribution in [2.24, 2.45) is 17.8 Å². The molecule has 0 unspecified atom stereocenters. The van der Waals surface area contributed by atoms with Crippen LogP contribution in [0.25, 0.3) is 5.57 Å². The van der Waals surface area contributed by atoms with Crippen LogP contribution in [0.15, 0.2) is 36.1 Å². The molecule has 5 rings (SSSR count). The third kappa shape index (κ3) is 2.70. The van der Waals surface area contributed by atoms with Gasteiger partial charge in [0.1, 0.15) is 5.76 Å². The molecule has 5 nitrogen and oxygen atoms in total. The number of aliphatic hydroxyl groups excluding tert-OH is 1. The highest BCUT2D eigenvalue weighted by Crippen LogP contribution is 2.60. The normalized spacial score (nSPS) is 30.8. The number of aliphatic carboxylic acids is 1. The third-order valence-corrected chi connectivity index (χ3v) is 7.17. The van der Waals surface area contributed by atoms with Crippen LogP contribution in [-0.2, 0) is 14.3 Å². The molecule has 2 fully saturated rings. The van der Waals surface area contributed by atoms with Crippen LogP contribution in [0.2, 0.25) is 0 Å². The fraction of sp³-hybridized carbons (Fsp3) is 0.360. The Morgan fingerprint density at radius 3 is 2.19 bits per heavy atom. The number of benzene rings is 2. The minimum atomic E-state index is -1.16. The van der Waals surface area contributed by atoms with E-state index in [0.29, 0.717) is 5.56 Å². The number of aryl methyl sites for hydroxylation is 3. The molecule has 2 N–H and O–H groups in total. The minimum Gasteiger partial charge on any atom is -0.511 e.